The molecule has 0 spiro atoms. The lowest BCUT2D eigenvalue weighted by molar-refractivity contribution is 0.0950. The molecule has 0 bridgehead atoms. The van der Waals surface area contributed by atoms with Crippen LogP contribution >= 0.6 is 27.3 Å². The fraction of sp³-hybridized carbons (Fsp3) is 0.214. The lowest BCUT2D eigenvalue weighted by atomic mass is 10.1. The second kappa shape index (κ2) is 5.67. The zero-order chi connectivity index (χ0) is 13.1. The van der Waals surface area contributed by atoms with Crippen molar-refractivity contribution in [3.8, 4) is 0 Å². The van der Waals surface area contributed by atoms with Crippen LogP contribution in [0.15, 0.2) is 34.1 Å². The molecule has 0 aliphatic rings. The van der Waals surface area contributed by atoms with E-state index >= 15 is 0 Å². The van der Waals surface area contributed by atoms with Gasteiger partial charge in [-0.1, -0.05) is 12.1 Å². The van der Waals surface area contributed by atoms with Crippen molar-refractivity contribution in [2.24, 2.45) is 0 Å². The third-order valence-corrected chi connectivity index (χ3v) is 4.89. The maximum atomic E-state index is 12.1. The van der Waals surface area contributed by atoms with Crippen LogP contribution in [0, 0.1) is 13.8 Å². The average Bonchev–Trinajstić information content (AvgIpc) is 2.75. The molecular formula is C14H14BrNOS. The minimum absolute atomic E-state index is 0.0432. The number of carbonyl (C=O) groups excluding carboxylic acids is 1. The van der Waals surface area contributed by atoms with E-state index in [2.05, 4.69) is 34.2 Å². The Labute approximate surface area is 119 Å². The fourth-order valence-corrected chi connectivity index (χ4v) is 2.95. The van der Waals surface area contributed by atoms with Gasteiger partial charge in [0.1, 0.15) is 0 Å². The van der Waals surface area contributed by atoms with Gasteiger partial charge in [-0.3, -0.25) is 4.79 Å². The molecule has 2 nitrogen and oxygen atoms in total. The van der Waals surface area contributed by atoms with E-state index in [4.69, 9.17) is 0 Å². The van der Waals surface area contributed by atoms with Crippen LogP contribution in [0.4, 0.5) is 0 Å². The van der Waals surface area contributed by atoms with Gasteiger partial charge >= 0.3 is 0 Å². The Kier molecular flexibility index (Phi) is 4.19. The van der Waals surface area contributed by atoms with E-state index in [-0.39, 0.29) is 5.91 Å². The number of rotatable bonds is 3. The molecule has 0 aliphatic carbocycles. The molecule has 1 aromatic carbocycles. The Morgan fingerprint density at radius 2 is 2.06 bits per heavy atom. The molecule has 94 valence electrons. The third kappa shape index (κ3) is 2.82. The summed E-state index contributed by atoms with van der Waals surface area (Å²) < 4.78 is 0.866. The van der Waals surface area contributed by atoms with Crippen LogP contribution in [-0.2, 0) is 6.54 Å². The van der Waals surface area contributed by atoms with Crippen molar-refractivity contribution < 1.29 is 4.79 Å². The highest BCUT2D eigenvalue weighted by molar-refractivity contribution is 9.10. The van der Waals surface area contributed by atoms with Gasteiger partial charge in [-0.2, -0.15) is 0 Å². The van der Waals surface area contributed by atoms with E-state index in [1.54, 1.807) is 11.3 Å². The molecule has 0 fully saturated rings. The topological polar surface area (TPSA) is 29.1 Å². The Balaban J connectivity index is 2.09. The summed E-state index contributed by atoms with van der Waals surface area (Å²) in [5, 5.41) is 4.99. The summed E-state index contributed by atoms with van der Waals surface area (Å²) in [7, 11) is 0. The third-order valence-electron chi connectivity index (χ3n) is 2.81. The maximum absolute atomic E-state index is 12.1. The van der Waals surface area contributed by atoms with Crippen LogP contribution in [0.25, 0.3) is 0 Å². The summed E-state index contributed by atoms with van der Waals surface area (Å²) in [6.45, 7) is 4.62. The molecule has 1 N–H and O–H groups in total. The van der Waals surface area contributed by atoms with E-state index in [9.17, 15) is 4.79 Å². The van der Waals surface area contributed by atoms with Gasteiger partial charge in [0.2, 0.25) is 0 Å². The number of benzene rings is 1. The van der Waals surface area contributed by atoms with Gasteiger partial charge in [0, 0.05) is 9.35 Å². The number of amides is 1. The first kappa shape index (κ1) is 13.3. The van der Waals surface area contributed by atoms with Crippen LogP contribution in [0.3, 0.4) is 0 Å². The number of nitrogens with one attached hydrogen (secondary N) is 1. The lowest BCUT2D eigenvalue weighted by Gasteiger charge is -2.08. The van der Waals surface area contributed by atoms with Crippen molar-refractivity contribution in [2.75, 3.05) is 0 Å². The van der Waals surface area contributed by atoms with Crippen LogP contribution in [-0.4, -0.2) is 5.91 Å². The monoisotopic (exact) mass is 323 g/mol. The second-order valence-corrected chi connectivity index (χ2v) is 5.94. The SMILES string of the molecule is Cc1ccsc1CNC(=O)c1cccc(C)c1Br. The molecule has 1 aromatic heterocycles. The van der Waals surface area contributed by atoms with E-state index in [0.717, 1.165) is 10.0 Å². The first-order valence-corrected chi connectivity index (χ1v) is 7.33. The van der Waals surface area contributed by atoms with Crippen molar-refractivity contribution in [3.63, 3.8) is 0 Å². The molecule has 18 heavy (non-hydrogen) atoms. The first-order valence-electron chi connectivity index (χ1n) is 5.66. The van der Waals surface area contributed by atoms with E-state index in [0.29, 0.717) is 12.1 Å². The number of hydrogen-bond donors (Lipinski definition) is 1. The Morgan fingerprint density at radius 3 is 2.72 bits per heavy atom. The summed E-state index contributed by atoms with van der Waals surface area (Å²) in [6.07, 6.45) is 0. The summed E-state index contributed by atoms with van der Waals surface area (Å²) in [4.78, 5) is 13.3. The summed E-state index contributed by atoms with van der Waals surface area (Å²) >= 11 is 5.12. The van der Waals surface area contributed by atoms with E-state index in [1.165, 1.54) is 10.4 Å². The van der Waals surface area contributed by atoms with Crippen molar-refractivity contribution in [1.82, 2.24) is 5.32 Å². The van der Waals surface area contributed by atoms with Crippen molar-refractivity contribution >= 4 is 33.2 Å². The molecule has 0 radical (unpaired) electrons. The standard InChI is InChI=1S/C14H14BrNOS/c1-9-6-7-18-12(9)8-16-14(17)11-5-3-4-10(2)13(11)15/h3-7H,8H2,1-2H3,(H,16,17). The highest BCUT2D eigenvalue weighted by Gasteiger charge is 2.11. The molecule has 0 unspecified atom stereocenters. The van der Waals surface area contributed by atoms with Crippen LogP contribution in [0.1, 0.15) is 26.4 Å². The van der Waals surface area contributed by atoms with Crippen LogP contribution in [0.5, 0.6) is 0 Å². The molecule has 1 heterocycles. The molecule has 0 atom stereocenters. The molecule has 0 saturated heterocycles. The Bertz CT molecular complexity index is 577. The predicted octanol–water partition coefficient (Wildman–Crippen LogP) is 4.06. The summed E-state index contributed by atoms with van der Waals surface area (Å²) in [6, 6.07) is 7.76. The van der Waals surface area contributed by atoms with Gasteiger partial charge < -0.3 is 5.32 Å². The second-order valence-electron chi connectivity index (χ2n) is 4.15. The van der Waals surface area contributed by atoms with Crippen LogP contribution < -0.4 is 5.32 Å². The minimum atomic E-state index is -0.0432. The average molecular weight is 324 g/mol. The summed E-state index contributed by atoms with van der Waals surface area (Å²) in [5.41, 5.74) is 2.97. The zero-order valence-corrected chi connectivity index (χ0v) is 12.7. The van der Waals surface area contributed by atoms with Gasteiger partial charge in [0.15, 0.2) is 0 Å². The molecule has 2 aromatic rings. The Hall–Kier alpha value is -1.13. The van der Waals surface area contributed by atoms with Crippen molar-refractivity contribution in [1.29, 1.82) is 0 Å². The minimum Gasteiger partial charge on any atom is -0.347 e. The van der Waals surface area contributed by atoms with Gasteiger partial charge in [-0.25, -0.2) is 0 Å². The Morgan fingerprint density at radius 1 is 1.28 bits per heavy atom. The summed E-state index contributed by atoms with van der Waals surface area (Å²) in [5.74, 6) is -0.0432. The van der Waals surface area contributed by atoms with Gasteiger partial charge in [0.25, 0.3) is 5.91 Å². The largest absolute Gasteiger partial charge is 0.347 e. The normalized spacial score (nSPS) is 10.4. The van der Waals surface area contributed by atoms with Gasteiger partial charge in [-0.05, 0) is 58.4 Å². The molecule has 4 heteroatoms. The zero-order valence-electron chi connectivity index (χ0n) is 10.3. The fourth-order valence-electron chi connectivity index (χ4n) is 1.66. The van der Waals surface area contributed by atoms with Crippen molar-refractivity contribution in [3.05, 3.63) is 55.7 Å². The first-order chi connectivity index (χ1) is 8.59. The molecule has 2 rings (SSSR count). The number of aryl methyl sites for hydroxylation is 2. The molecule has 0 aliphatic heterocycles. The van der Waals surface area contributed by atoms with Gasteiger partial charge in [0.05, 0.1) is 12.1 Å². The predicted molar refractivity (Wildman–Crippen MR) is 79.1 cm³/mol. The molecule has 0 saturated carbocycles. The number of hydrogen-bond acceptors (Lipinski definition) is 2. The smallest absolute Gasteiger partial charge is 0.252 e. The lowest BCUT2D eigenvalue weighted by Crippen LogP contribution is -2.23. The highest BCUT2D eigenvalue weighted by atomic mass is 79.9. The number of halogens is 1. The van der Waals surface area contributed by atoms with Crippen molar-refractivity contribution in [2.45, 2.75) is 20.4 Å². The van der Waals surface area contributed by atoms with Crippen LogP contribution in [0.2, 0.25) is 0 Å². The molecular weight excluding hydrogens is 310 g/mol. The molecule has 1 amide bonds. The highest BCUT2D eigenvalue weighted by Crippen LogP contribution is 2.21. The quantitative estimate of drug-likeness (QED) is 0.906. The number of carbonyl (C=O) groups is 1. The maximum Gasteiger partial charge on any atom is 0.252 e. The van der Waals surface area contributed by atoms with E-state index < -0.39 is 0 Å². The van der Waals surface area contributed by atoms with Gasteiger partial charge in [-0.15, -0.1) is 11.3 Å². The number of thiophene rings is 1. The van der Waals surface area contributed by atoms with E-state index in [1.807, 2.05) is 30.5 Å².